The van der Waals surface area contributed by atoms with E-state index in [0.29, 0.717) is 13.2 Å². The smallest absolute Gasteiger partial charge is 0.191 e. The molecule has 2 aromatic rings. The van der Waals surface area contributed by atoms with E-state index in [1.54, 1.807) is 7.05 Å². The Bertz CT molecular complexity index is 815. The first-order chi connectivity index (χ1) is 13.6. The number of guanidine groups is 1. The molecule has 2 heterocycles. The Labute approximate surface area is 167 Å². The van der Waals surface area contributed by atoms with Gasteiger partial charge in [0.2, 0.25) is 0 Å². The van der Waals surface area contributed by atoms with Gasteiger partial charge in [-0.05, 0) is 44.4 Å². The van der Waals surface area contributed by atoms with Crippen LogP contribution in [-0.4, -0.2) is 42.0 Å². The van der Waals surface area contributed by atoms with Gasteiger partial charge in [-0.25, -0.2) is 0 Å². The van der Waals surface area contributed by atoms with Crippen LogP contribution in [0.3, 0.4) is 0 Å². The third-order valence-corrected chi connectivity index (χ3v) is 4.74. The van der Waals surface area contributed by atoms with Gasteiger partial charge in [0.15, 0.2) is 5.96 Å². The van der Waals surface area contributed by atoms with Crippen molar-refractivity contribution in [3.63, 3.8) is 0 Å². The van der Waals surface area contributed by atoms with Gasteiger partial charge in [0, 0.05) is 50.9 Å². The van der Waals surface area contributed by atoms with Gasteiger partial charge in [0.1, 0.15) is 17.6 Å². The number of ether oxygens (including phenoxy) is 2. The van der Waals surface area contributed by atoms with E-state index < -0.39 is 0 Å². The predicted molar refractivity (Wildman–Crippen MR) is 111 cm³/mol. The summed E-state index contributed by atoms with van der Waals surface area (Å²) >= 11 is 0. The normalized spacial score (nSPS) is 15.9. The first-order valence-corrected chi connectivity index (χ1v) is 9.96. The molecule has 1 aromatic carbocycles. The number of aryl methyl sites for hydroxylation is 2. The maximum Gasteiger partial charge on any atom is 0.191 e. The molecule has 3 rings (SSSR count). The van der Waals surface area contributed by atoms with E-state index in [1.807, 2.05) is 24.9 Å². The highest BCUT2D eigenvalue weighted by Crippen LogP contribution is 2.35. The molecule has 1 atom stereocenters. The number of hydrogen-bond donors (Lipinski definition) is 2. The molecule has 1 aliphatic rings. The number of hydrogen-bond acceptors (Lipinski definition) is 4. The minimum absolute atomic E-state index is 0.224. The lowest BCUT2D eigenvalue weighted by atomic mass is 10.1. The van der Waals surface area contributed by atoms with Crippen LogP contribution in [0, 0.1) is 0 Å². The summed E-state index contributed by atoms with van der Waals surface area (Å²) in [5.74, 6) is 2.66. The van der Waals surface area contributed by atoms with Crippen molar-refractivity contribution in [1.29, 1.82) is 0 Å². The van der Waals surface area contributed by atoms with Crippen molar-refractivity contribution in [3.05, 3.63) is 41.2 Å². The number of nitrogens with zero attached hydrogens (tertiary/aromatic N) is 3. The van der Waals surface area contributed by atoms with Gasteiger partial charge in [0.25, 0.3) is 0 Å². The van der Waals surface area contributed by atoms with E-state index in [1.165, 1.54) is 11.1 Å². The van der Waals surface area contributed by atoms with E-state index >= 15 is 0 Å². The van der Waals surface area contributed by atoms with E-state index in [-0.39, 0.29) is 6.10 Å². The molecular weight excluding hydrogens is 354 g/mol. The molecule has 0 bridgehead atoms. The van der Waals surface area contributed by atoms with Crippen molar-refractivity contribution < 1.29 is 9.47 Å². The Balaban J connectivity index is 1.52. The first kappa shape index (κ1) is 20.0. The van der Waals surface area contributed by atoms with E-state index in [2.05, 4.69) is 46.0 Å². The monoisotopic (exact) mass is 385 g/mol. The zero-order valence-electron chi connectivity index (χ0n) is 17.3. The first-order valence-electron chi connectivity index (χ1n) is 9.96. The van der Waals surface area contributed by atoms with E-state index in [9.17, 15) is 0 Å². The fourth-order valence-electron chi connectivity index (χ4n) is 3.41. The Morgan fingerprint density at radius 1 is 1.39 bits per heavy atom. The summed E-state index contributed by atoms with van der Waals surface area (Å²) in [7, 11) is 3.72. The molecule has 0 aliphatic carbocycles. The topological polar surface area (TPSA) is 72.7 Å². The lowest BCUT2D eigenvalue weighted by molar-refractivity contribution is 0.254. The summed E-state index contributed by atoms with van der Waals surface area (Å²) in [6.45, 7) is 6.21. The van der Waals surface area contributed by atoms with Crippen LogP contribution < -0.4 is 20.1 Å². The highest BCUT2D eigenvalue weighted by Gasteiger charge is 2.21. The van der Waals surface area contributed by atoms with Gasteiger partial charge < -0.3 is 20.1 Å². The number of fused-ring (bicyclic) bond motifs is 1. The van der Waals surface area contributed by atoms with Crippen LogP contribution in [-0.2, 0) is 26.4 Å². The van der Waals surface area contributed by atoms with Crippen LogP contribution in [0.25, 0.3) is 0 Å². The van der Waals surface area contributed by atoms with Gasteiger partial charge in [0.05, 0.1) is 12.8 Å². The SMILES string of the molecule is CCOc1cc2c(cc1CNC(=NC)NCCCc1cnn(C)c1)OC(C)C2. The van der Waals surface area contributed by atoms with Crippen molar-refractivity contribution in [1.82, 2.24) is 20.4 Å². The van der Waals surface area contributed by atoms with Crippen molar-refractivity contribution in [2.24, 2.45) is 12.0 Å². The fraction of sp³-hybridized carbons (Fsp3) is 0.524. The van der Waals surface area contributed by atoms with Gasteiger partial charge in [-0.15, -0.1) is 0 Å². The molecule has 7 heteroatoms. The highest BCUT2D eigenvalue weighted by molar-refractivity contribution is 5.79. The summed E-state index contributed by atoms with van der Waals surface area (Å²) in [4.78, 5) is 4.32. The average Bonchev–Trinajstić information content (AvgIpc) is 3.25. The molecule has 0 saturated heterocycles. The molecule has 152 valence electrons. The number of nitrogens with one attached hydrogen (secondary N) is 2. The molecule has 0 amide bonds. The molecule has 7 nitrogen and oxygen atoms in total. The molecule has 0 radical (unpaired) electrons. The van der Waals surface area contributed by atoms with Crippen LogP contribution in [0.15, 0.2) is 29.5 Å². The number of rotatable bonds is 8. The minimum Gasteiger partial charge on any atom is -0.494 e. The molecule has 2 N–H and O–H groups in total. The fourth-order valence-corrected chi connectivity index (χ4v) is 3.41. The maximum atomic E-state index is 5.90. The Hall–Kier alpha value is -2.70. The van der Waals surface area contributed by atoms with Crippen LogP contribution in [0.2, 0.25) is 0 Å². The molecule has 1 aliphatic heterocycles. The molecular formula is C21H31N5O2. The lowest BCUT2D eigenvalue weighted by Gasteiger charge is -2.15. The van der Waals surface area contributed by atoms with Gasteiger partial charge in [-0.3, -0.25) is 9.67 Å². The zero-order chi connectivity index (χ0) is 19.9. The Morgan fingerprint density at radius 2 is 2.25 bits per heavy atom. The third kappa shape index (κ3) is 5.18. The average molecular weight is 386 g/mol. The second-order valence-corrected chi connectivity index (χ2v) is 7.11. The Morgan fingerprint density at radius 3 is 2.96 bits per heavy atom. The van der Waals surface area contributed by atoms with Crippen molar-refractivity contribution in [2.75, 3.05) is 20.2 Å². The standard InChI is InChI=1S/C21H31N5O2/c1-5-27-19-10-17-9-15(2)28-20(17)11-18(19)13-24-21(22-3)23-8-6-7-16-12-25-26(4)14-16/h10-12,14-15H,5-9,13H2,1-4H3,(H2,22,23,24). The third-order valence-electron chi connectivity index (χ3n) is 4.74. The van der Waals surface area contributed by atoms with Crippen LogP contribution in [0.4, 0.5) is 0 Å². The predicted octanol–water partition coefficient (Wildman–Crippen LogP) is 2.44. The van der Waals surface area contributed by atoms with Gasteiger partial charge in [-0.2, -0.15) is 5.10 Å². The summed E-state index contributed by atoms with van der Waals surface area (Å²) < 4.78 is 13.6. The van der Waals surface area contributed by atoms with Gasteiger partial charge >= 0.3 is 0 Å². The summed E-state index contributed by atoms with van der Waals surface area (Å²) in [5.41, 5.74) is 3.55. The summed E-state index contributed by atoms with van der Waals surface area (Å²) in [6, 6.07) is 4.20. The zero-order valence-corrected chi connectivity index (χ0v) is 17.3. The molecule has 1 aromatic heterocycles. The molecule has 0 saturated carbocycles. The molecule has 0 fully saturated rings. The quantitative estimate of drug-likeness (QED) is 0.415. The summed E-state index contributed by atoms with van der Waals surface area (Å²) in [6.07, 6.45) is 7.14. The minimum atomic E-state index is 0.224. The summed E-state index contributed by atoms with van der Waals surface area (Å²) in [5, 5.41) is 10.9. The lowest BCUT2D eigenvalue weighted by Crippen LogP contribution is -2.37. The molecule has 28 heavy (non-hydrogen) atoms. The maximum absolute atomic E-state index is 5.90. The van der Waals surface area contributed by atoms with E-state index in [4.69, 9.17) is 9.47 Å². The molecule has 0 spiro atoms. The second kappa shape index (κ2) is 9.48. The van der Waals surface area contributed by atoms with Gasteiger partial charge in [-0.1, -0.05) is 0 Å². The largest absolute Gasteiger partial charge is 0.494 e. The van der Waals surface area contributed by atoms with Crippen molar-refractivity contribution >= 4 is 5.96 Å². The highest BCUT2D eigenvalue weighted by atomic mass is 16.5. The number of aromatic nitrogens is 2. The van der Waals surface area contributed by atoms with Crippen molar-refractivity contribution in [2.45, 2.75) is 45.8 Å². The van der Waals surface area contributed by atoms with Crippen LogP contribution in [0.1, 0.15) is 37.0 Å². The van der Waals surface area contributed by atoms with Crippen LogP contribution in [0.5, 0.6) is 11.5 Å². The van der Waals surface area contributed by atoms with E-state index in [0.717, 1.165) is 48.8 Å². The number of benzene rings is 1. The number of aliphatic imine (C=N–C) groups is 1. The molecule has 1 unspecified atom stereocenters. The second-order valence-electron chi connectivity index (χ2n) is 7.11. The van der Waals surface area contributed by atoms with Crippen LogP contribution >= 0.6 is 0 Å². The Kier molecular flexibility index (Phi) is 6.79. The van der Waals surface area contributed by atoms with Crippen molar-refractivity contribution in [3.8, 4) is 11.5 Å².